The number of nitrogens with zero attached hydrogens (tertiary/aromatic N) is 2. The Morgan fingerprint density at radius 2 is 1.94 bits per heavy atom. The summed E-state index contributed by atoms with van der Waals surface area (Å²) in [5.41, 5.74) is -0.430. The Bertz CT molecular complexity index is 853. The van der Waals surface area contributed by atoms with E-state index in [-0.39, 0.29) is 41.7 Å². The number of hydrogen-bond acceptors (Lipinski definition) is 6. The van der Waals surface area contributed by atoms with Gasteiger partial charge in [-0.2, -0.15) is 0 Å². The van der Waals surface area contributed by atoms with E-state index in [1.165, 1.54) is 0 Å². The molecule has 7 nitrogen and oxygen atoms in total. The molecule has 3 fully saturated rings. The Labute approximate surface area is 221 Å². The van der Waals surface area contributed by atoms with Crippen molar-refractivity contribution in [2.24, 2.45) is 17.3 Å². The number of aliphatic hydroxyl groups is 1. The van der Waals surface area contributed by atoms with Gasteiger partial charge in [0, 0.05) is 30.5 Å². The monoisotopic (exact) mass is 522 g/mol. The number of hydrogen-bond donors (Lipinski definition) is 1. The molecule has 1 spiro atoms. The van der Waals surface area contributed by atoms with Gasteiger partial charge < -0.3 is 19.6 Å². The summed E-state index contributed by atoms with van der Waals surface area (Å²) >= 11 is 1.68. The summed E-state index contributed by atoms with van der Waals surface area (Å²) in [6.07, 6.45) is 6.28. The van der Waals surface area contributed by atoms with E-state index in [9.17, 15) is 19.5 Å². The molecule has 5 atom stereocenters. The zero-order valence-electron chi connectivity index (χ0n) is 23.0. The van der Waals surface area contributed by atoms with Crippen molar-refractivity contribution in [1.82, 2.24) is 9.80 Å². The van der Waals surface area contributed by atoms with E-state index < -0.39 is 28.2 Å². The maximum Gasteiger partial charge on any atom is 0.310 e. The van der Waals surface area contributed by atoms with E-state index >= 15 is 0 Å². The van der Waals surface area contributed by atoms with E-state index in [1.807, 2.05) is 4.90 Å². The van der Waals surface area contributed by atoms with Crippen LogP contribution >= 0.6 is 11.8 Å². The van der Waals surface area contributed by atoms with Crippen molar-refractivity contribution in [3.63, 3.8) is 0 Å². The van der Waals surface area contributed by atoms with Crippen molar-refractivity contribution >= 4 is 29.5 Å². The highest BCUT2D eigenvalue weighted by Gasteiger charge is 2.74. The minimum Gasteiger partial charge on any atom is -0.466 e. The molecule has 2 amide bonds. The topological polar surface area (TPSA) is 87.2 Å². The lowest BCUT2D eigenvalue weighted by Crippen LogP contribution is -2.60. The highest BCUT2D eigenvalue weighted by molar-refractivity contribution is 8.02. The van der Waals surface area contributed by atoms with Gasteiger partial charge in [0.1, 0.15) is 6.04 Å². The molecule has 1 N–H and O–H groups in total. The Morgan fingerprint density at radius 1 is 1.25 bits per heavy atom. The van der Waals surface area contributed by atoms with Crippen molar-refractivity contribution in [3.05, 3.63) is 12.7 Å². The number of ether oxygens (including phenoxy) is 1. The predicted molar refractivity (Wildman–Crippen MR) is 143 cm³/mol. The molecule has 204 valence electrons. The molecule has 0 aromatic carbocycles. The minimum absolute atomic E-state index is 0.00899. The molecule has 2 unspecified atom stereocenters. The third-order valence-electron chi connectivity index (χ3n) is 7.92. The van der Waals surface area contributed by atoms with Gasteiger partial charge in [0.2, 0.25) is 11.8 Å². The van der Waals surface area contributed by atoms with Crippen LogP contribution in [-0.4, -0.2) is 80.6 Å². The Kier molecular flexibility index (Phi) is 8.92. The normalized spacial score (nSPS) is 29.4. The van der Waals surface area contributed by atoms with Gasteiger partial charge in [-0.05, 0) is 64.7 Å². The molecule has 2 bridgehead atoms. The molecule has 3 saturated heterocycles. The van der Waals surface area contributed by atoms with Crippen LogP contribution < -0.4 is 0 Å². The van der Waals surface area contributed by atoms with Gasteiger partial charge in [0.15, 0.2) is 0 Å². The second-order valence-electron chi connectivity index (χ2n) is 12.4. The second-order valence-corrected chi connectivity index (χ2v) is 14.0. The fourth-order valence-corrected chi connectivity index (χ4v) is 9.26. The van der Waals surface area contributed by atoms with Crippen LogP contribution in [0.15, 0.2) is 12.7 Å². The first-order valence-electron chi connectivity index (χ1n) is 13.5. The first-order valence-corrected chi connectivity index (χ1v) is 14.4. The van der Waals surface area contributed by atoms with Crippen molar-refractivity contribution in [2.45, 2.75) is 102 Å². The summed E-state index contributed by atoms with van der Waals surface area (Å²) in [5, 5.41) is 9.24. The van der Waals surface area contributed by atoms with Crippen LogP contribution in [-0.2, 0) is 19.1 Å². The maximum atomic E-state index is 14.6. The Morgan fingerprint density at radius 3 is 2.53 bits per heavy atom. The summed E-state index contributed by atoms with van der Waals surface area (Å²) in [6, 6.07) is -0.613. The number of thioether (sulfide) groups is 1. The van der Waals surface area contributed by atoms with E-state index in [0.29, 0.717) is 25.9 Å². The average molecular weight is 523 g/mol. The molecular formula is C28H46N2O5S. The van der Waals surface area contributed by atoms with Crippen LogP contribution in [0.1, 0.15) is 80.1 Å². The van der Waals surface area contributed by atoms with Crippen molar-refractivity contribution in [2.75, 3.05) is 26.3 Å². The summed E-state index contributed by atoms with van der Waals surface area (Å²) < 4.78 is 4.80. The lowest BCUT2D eigenvalue weighted by Gasteiger charge is -2.46. The van der Waals surface area contributed by atoms with Crippen LogP contribution in [0, 0.1) is 17.3 Å². The summed E-state index contributed by atoms with van der Waals surface area (Å²) in [6.45, 7) is 17.7. The molecule has 36 heavy (non-hydrogen) atoms. The zero-order valence-corrected chi connectivity index (χ0v) is 23.9. The summed E-state index contributed by atoms with van der Waals surface area (Å²) in [4.78, 5) is 45.2. The van der Waals surface area contributed by atoms with Gasteiger partial charge in [0.05, 0.1) is 23.2 Å². The largest absolute Gasteiger partial charge is 0.466 e. The van der Waals surface area contributed by atoms with Gasteiger partial charge in [-0.15, -0.1) is 18.3 Å². The summed E-state index contributed by atoms with van der Waals surface area (Å²) in [5.74, 6) is -1.45. The molecule has 8 heteroatoms. The lowest BCUT2D eigenvalue weighted by molar-refractivity contribution is -0.153. The third kappa shape index (κ3) is 5.35. The number of aliphatic hydroxyl groups excluding tert-OH is 1. The SMILES string of the molecule is C=CCN(C(=O)C1N(CCCCCO)C(=O)[C@@H]2[C@@H](C(=O)OCC)[C@H]3CCC12S3)C(C)(C)CC(C)(C)C. The first kappa shape index (κ1) is 29.0. The van der Waals surface area contributed by atoms with Gasteiger partial charge in [0.25, 0.3) is 0 Å². The molecule has 3 heterocycles. The molecular weight excluding hydrogens is 476 g/mol. The third-order valence-corrected chi connectivity index (χ3v) is 9.87. The van der Waals surface area contributed by atoms with Crippen LogP contribution in [0.4, 0.5) is 0 Å². The fourth-order valence-electron chi connectivity index (χ4n) is 7.06. The van der Waals surface area contributed by atoms with Gasteiger partial charge >= 0.3 is 5.97 Å². The molecule has 0 saturated carbocycles. The van der Waals surface area contributed by atoms with Gasteiger partial charge in [-0.25, -0.2) is 0 Å². The molecule has 3 aliphatic rings. The smallest absolute Gasteiger partial charge is 0.310 e. The standard InChI is InChI=1S/C28H46N2O5S/c1-8-15-30(27(6,7)18-26(3,4)5)24(33)22-28-14-13-19(36-28)20(25(34)35-9-2)21(28)23(32)29(22)16-11-10-12-17-31/h8,19-22,31H,1,9-18H2,2-7H3/t19-,20+,21+,22?,28?/m1/s1. The molecule has 0 aliphatic carbocycles. The quantitative estimate of drug-likeness (QED) is 0.237. The second kappa shape index (κ2) is 11.1. The van der Waals surface area contributed by atoms with Crippen LogP contribution in [0.2, 0.25) is 0 Å². The number of rotatable bonds is 12. The van der Waals surface area contributed by atoms with Crippen LogP contribution in [0.3, 0.4) is 0 Å². The predicted octanol–water partition coefficient (Wildman–Crippen LogP) is 4.03. The van der Waals surface area contributed by atoms with Crippen LogP contribution in [0.5, 0.6) is 0 Å². The van der Waals surface area contributed by atoms with E-state index in [4.69, 9.17) is 4.74 Å². The first-order chi connectivity index (χ1) is 16.8. The number of unbranched alkanes of at least 4 members (excludes halogenated alkanes) is 2. The van der Waals surface area contributed by atoms with Crippen molar-refractivity contribution in [1.29, 1.82) is 0 Å². The number of amides is 2. The number of carbonyl (C=O) groups is 3. The lowest BCUT2D eigenvalue weighted by atomic mass is 9.71. The zero-order chi connectivity index (χ0) is 26.9. The highest BCUT2D eigenvalue weighted by Crippen LogP contribution is 2.66. The Hall–Kier alpha value is -1.54. The number of esters is 1. The minimum atomic E-state index is -0.613. The molecule has 0 radical (unpaired) electrons. The van der Waals surface area contributed by atoms with E-state index in [2.05, 4.69) is 41.2 Å². The fraction of sp³-hybridized carbons (Fsp3) is 0.821. The number of fused-ring (bicyclic) bond motifs is 1. The Balaban J connectivity index is 2.02. The highest BCUT2D eigenvalue weighted by atomic mass is 32.2. The molecule has 3 aliphatic heterocycles. The number of carbonyl (C=O) groups excluding carboxylic acids is 3. The van der Waals surface area contributed by atoms with Gasteiger partial charge in [-0.1, -0.05) is 26.8 Å². The van der Waals surface area contributed by atoms with Crippen LogP contribution in [0.25, 0.3) is 0 Å². The van der Waals surface area contributed by atoms with Crippen molar-refractivity contribution in [3.8, 4) is 0 Å². The average Bonchev–Trinajstić information content (AvgIpc) is 3.40. The summed E-state index contributed by atoms with van der Waals surface area (Å²) in [7, 11) is 0. The van der Waals surface area contributed by atoms with Crippen molar-refractivity contribution < 1.29 is 24.2 Å². The maximum absolute atomic E-state index is 14.6. The molecule has 3 rings (SSSR count). The van der Waals surface area contributed by atoms with Gasteiger partial charge in [-0.3, -0.25) is 14.4 Å². The molecule has 0 aromatic rings. The number of likely N-dealkylation sites (tertiary alicyclic amines) is 1. The van der Waals surface area contributed by atoms with E-state index in [1.54, 1.807) is 29.7 Å². The molecule has 0 aromatic heterocycles. The van der Waals surface area contributed by atoms with E-state index in [0.717, 1.165) is 25.7 Å².